The highest BCUT2D eigenvalue weighted by atomic mass is 32.2. The minimum atomic E-state index is -3.83. The Labute approximate surface area is 445 Å². The van der Waals surface area contributed by atoms with Gasteiger partial charge in [-0.15, -0.1) is 11.3 Å². The van der Waals surface area contributed by atoms with E-state index in [1.807, 2.05) is 76.2 Å². The van der Waals surface area contributed by atoms with Crippen molar-refractivity contribution in [3.05, 3.63) is 84.0 Å². The summed E-state index contributed by atoms with van der Waals surface area (Å²) in [6.45, 7) is 16.2. The molecular formula is C55H75N7O11S2. The molecule has 1 aliphatic heterocycles. The lowest BCUT2D eigenvalue weighted by atomic mass is 9.85. The summed E-state index contributed by atoms with van der Waals surface area (Å²) in [7, 11) is -2.17. The number of hydrogen-bond acceptors (Lipinski definition) is 16. The summed E-state index contributed by atoms with van der Waals surface area (Å²) in [5.74, 6) is -1.27. The smallest absolute Gasteiger partial charge is 0.246 e. The molecule has 1 aliphatic rings. The summed E-state index contributed by atoms with van der Waals surface area (Å²) < 4.78 is 56.4. The lowest BCUT2D eigenvalue weighted by Crippen LogP contribution is -2.59. The number of nitrogens with one attached hydrogen (secondary N) is 4. The first-order chi connectivity index (χ1) is 35.7. The molecule has 408 valence electrons. The van der Waals surface area contributed by atoms with Gasteiger partial charge in [-0.2, -0.15) is 0 Å². The number of fused-ring (bicyclic) bond motifs is 2. The van der Waals surface area contributed by atoms with Crippen LogP contribution < -0.4 is 26.0 Å². The molecular weight excluding hydrogens is 999 g/mol. The van der Waals surface area contributed by atoms with Crippen LogP contribution in [0, 0.1) is 11.3 Å². The molecule has 5 atom stereocenters. The monoisotopic (exact) mass is 1070 g/mol. The van der Waals surface area contributed by atoms with E-state index in [0.29, 0.717) is 42.8 Å². The highest BCUT2D eigenvalue weighted by molar-refractivity contribution is 7.92. The molecule has 0 bridgehead atoms. The standard InChI is InChI=1S/C55H75N7O11S2/c1-10-42(38-14-12-11-13-15-38)60-52(65)46-29-37(33-62(46)53(66)50(54(3,4)5)61-51(64)36(2)56-9)28-40(63)34-72-25-24-70-21-20-69-22-23-71-26-27-73-47-32-44-41(31-49(47)75(67,68)55(6,7)8)43(18-19-57-44)59-39-16-17-48-45(30-39)58-35-74-48/h11-19,30-32,35-37,42,46,50,56H,10,20-29,33-34H2,1-9H3,(H,57,59)(H,60,65)(H,61,64)/t36-,37-,42+,46-,50+/m0/s1. The minimum Gasteiger partial charge on any atom is -0.490 e. The molecule has 1 saturated heterocycles. The highest BCUT2D eigenvalue weighted by Crippen LogP contribution is 2.38. The third-order valence-electron chi connectivity index (χ3n) is 13.0. The number of likely N-dealkylation sites (N-methyl/N-ethyl adjacent to an activating group) is 1. The Balaban J connectivity index is 0.904. The predicted octanol–water partition coefficient (Wildman–Crippen LogP) is 7.19. The second-order valence-corrected chi connectivity index (χ2v) is 24.3. The first-order valence-corrected chi connectivity index (χ1v) is 27.9. The number of ketones is 1. The van der Waals surface area contributed by atoms with E-state index in [4.69, 9.17) is 23.7 Å². The number of carbonyl (C=O) groups excluding carboxylic acids is 4. The number of nitrogens with zero attached hydrogens (tertiary/aromatic N) is 3. The Morgan fingerprint density at radius 3 is 2.12 bits per heavy atom. The molecule has 20 heteroatoms. The second kappa shape index (κ2) is 26.9. The van der Waals surface area contributed by atoms with Gasteiger partial charge >= 0.3 is 0 Å². The van der Waals surface area contributed by atoms with Crippen molar-refractivity contribution in [3.8, 4) is 5.75 Å². The number of amides is 3. The fourth-order valence-corrected chi connectivity index (χ4v) is 10.6. The Hall–Kier alpha value is -5.61. The number of sulfone groups is 1. The van der Waals surface area contributed by atoms with Gasteiger partial charge in [-0.25, -0.2) is 13.4 Å². The zero-order valence-corrected chi connectivity index (χ0v) is 46.4. The molecule has 0 spiro atoms. The van der Waals surface area contributed by atoms with E-state index in [0.717, 1.165) is 21.5 Å². The molecule has 4 N–H and O–H groups in total. The number of aromatic nitrogens is 2. The van der Waals surface area contributed by atoms with Gasteiger partial charge in [0.1, 0.15) is 35.9 Å². The molecule has 0 unspecified atom stereocenters. The predicted molar refractivity (Wildman–Crippen MR) is 291 cm³/mol. The van der Waals surface area contributed by atoms with Crippen molar-refractivity contribution in [1.29, 1.82) is 0 Å². The summed E-state index contributed by atoms with van der Waals surface area (Å²) in [5.41, 5.74) is 5.01. The van der Waals surface area contributed by atoms with Crippen LogP contribution >= 0.6 is 11.3 Å². The van der Waals surface area contributed by atoms with Gasteiger partial charge in [0.05, 0.1) is 84.3 Å². The van der Waals surface area contributed by atoms with Gasteiger partial charge in [0.25, 0.3) is 0 Å². The van der Waals surface area contributed by atoms with Crippen molar-refractivity contribution in [2.75, 3.05) is 78.4 Å². The van der Waals surface area contributed by atoms with E-state index in [1.165, 1.54) is 4.90 Å². The van der Waals surface area contributed by atoms with Crippen LogP contribution in [0.5, 0.6) is 5.75 Å². The van der Waals surface area contributed by atoms with Crippen LogP contribution in [-0.2, 0) is 48.0 Å². The molecule has 0 aliphatic carbocycles. The van der Waals surface area contributed by atoms with E-state index >= 15 is 0 Å². The van der Waals surface area contributed by atoms with Gasteiger partial charge in [0.2, 0.25) is 17.7 Å². The van der Waals surface area contributed by atoms with Crippen molar-refractivity contribution >= 4 is 77.2 Å². The molecule has 0 saturated carbocycles. The van der Waals surface area contributed by atoms with Gasteiger partial charge in [-0.1, -0.05) is 58.0 Å². The van der Waals surface area contributed by atoms with Gasteiger partial charge in [-0.3, -0.25) is 24.2 Å². The molecule has 0 radical (unpaired) electrons. The van der Waals surface area contributed by atoms with E-state index in [9.17, 15) is 27.6 Å². The number of rotatable bonds is 28. The van der Waals surface area contributed by atoms with Gasteiger partial charge in [0.15, 0.2) is 15.6 Å². The van der Waals surface area contributed by atoms with E-state index in [2.05, 4.69) is 31.2 Å². The number of thiazole rings is 1. The molecule has 3 aromatic carbocycles. The Kier molecular flexibility index (Phi) is 21.1. The number of anilines is 2. The van der Waals surface area contributed by atoms with Gasteiger partial charge in [0, 0.05) is 42.0 Å². The van der Waals surface area contributed by atoms with Crippen molar-refractivity contribution in [2.45, 2.75) is 108 Å². The summed E-state index contributed by atoms with van der Waals surface area (Å²) in [6, 6.07) is 18.1. The molecule has 5 aromatic rings. The Morgan fingerprint density at radius 2 is 1.48 bits per heavy atom. The SMILES string of the molecule is CC[C@@H](NC(=O)[C@@H]1C[C@H](CC(=O)COCCOCCOCCOCCOc2cc3nccc(Nc4ccc5scnc5c4)c3cc2S(=O)(=O)C(C)(C)C)CN1C(=O)[C@@H](NC(=O)[C@H](C)NC)C(C)(C)C)c1ccccc1. The molecule has 75 heavy (non-hydrogen) atoms. The molecule has 2 aromatic heterocycles. The Morgan fingerprint density at radius 1 is 0.813 bits per heavy atom. The van der Waals surface area contributed by atoms with Crippen molar-refractivity contribution in [1.82, 2.24) is 30.8 Å². The number of Topliss-reactive ketones (excluding diaryl/α,β-unsaturated/α-hetero) is 1. The first kappa shape index (κ1) is 58.6. The van der Waals surface area contributed by atoms with E-state index in [-0.39, 0.29) is 105 Å². The number of carbonyl (C=O) groups is 4. The van der Waals surface area contributed by atoms with Crippen molar-refractivity contribution < 1.29 is 51.3 Å². The molecule has 6 rings (SSSR count). The summed E-state index contributed by atoms with van der Waals surface area (Å²) in [5, 5.41) is 13.0. The van der Waals surface area contributed by atoms with Crippen molar-refractivity contribution in [3.63, 3.8) is 0 Å². The lowest BCUT2D eigenvalue weighted by Gasteiger charge is -2.36. The van der Waals surface area contributed by atoms with Crippen LogP contribution in [0.3, 0.4) is 0 Å². The summed E-state index contributed by atoms with van der Waals surface area (Å²) in [4.78, 5) is 65.1. The second-order valence-electron chi connectivity index (χ2n) is 20.7. The number of hydrogen-bond donors (Lipinski definition) is 4. The summed E-state index contributed by atoms with van der Waals surface area (Å²) in [6.07, 6.45) is 2.70. The average molecular weight is 1070 g/mol. The van der Waals surface area contributed by atoms with E-state index < -0.39 is 38.1 Å². The third kappa shape index (κ3) is 16.0. The average Bonchev–Trinajstić information content (AvgIpc) is 4.03. The maximum Gasteiger partial charge on any atom is 0.246 e. The lowest BCUT2D eigenvalue weighted by molar-refractivity contribution is -0.144. The van der Waals surface area contributed by atoms with Gasteiger partial charge < -0.3 is 49.9 Å². The molecule has 3 amide bonds. The van der Waals surface area contributed by atoms with Crippen LogP contribution in [0.25, 0.3) is 21.1 Å². The maximum absolute atomic E-state index is 14.4. The van der Waals surface area contributed by atoms with Crippen LogP contribution in [-0.4, -0.2) is 143 Å². The van der Waals surface area contributed by atoms with Crippen LogP contribution in [0.4, 0.5) is 11.4 Å². The highest BCUT2D eigenvalue weighted by Gasteiger charge is 2.46. The molecule has 3 heterocycles. The first-order valence-electron chi connectivity index (χ1n) is 25.6. The third-order valence-corrected chi connectivity index (χ3v) is 16.3. The normalized spacial score (nSPS) is 16.4. The van der Waals surface area contributed by atoms with Crippen molar-refractivity contribution in [2.24, 2.45) is 11.3 Å². The van der Waals surface area contributed by atoms with Crippen LogP contribution in [0.2, 0.25) is 0 Å². The topological polar surface area (TPSA) is 226 Å². The van der Waals surface area contributed by atoms with Crippen LogP contribution in [0.1, 0.15) is 86.3 Å². The molecule has 1 fully saturated rings. The number of benzene rings is 3. The van der Waals surface area contributed by atoms with E-state index in [1.54, 1.807) is 76.0 Å². The maximum atomic E-state index is 14.4. The summed E-state index contributed by atoms with van der Waals surface area (Å²) >= 11 is 1.56. The number of pyridine rings is 1. The number of ether oxygens (including phenoxy) is 5. The zero-order chi connectivity index (χ0) is 54.3. The molecule has 18 nitrogen and oxygen atoms in total. The zero-order valence-electron chi connectivity index (χ0n) is 44.7. The Bertz CT molecular complexity index is 2820. The number of likely N-dealkylation sites (tertiary alicyclic amines) is 1. The largest absolute Gasteiger partial charge is 0.490 e. The fourth-order valence-electron chi connectivity index (χ4n) is 8.59. The quantitative estimate of drug-likeness (QED) is 0.0364. The van der Waals surface area contributed by atoms with Gasteiger partial charge in [-0.05, 0) is 94.8 Å². The fraction of sp³-hybridized carbons (Fsp3) is 0.527. The van der Waals surface area contributed by atoms with Crippen LogP contribution in [0.15, 0.2) is 83.3 Å². The minimum absolute atomic E-state index is 0.0643.